The van der Waals surface area contributed by atoms with Crippen molar-refractivity contribution in [2.24, 2.45) is 0 Å². The number of nitrogen functional groups attached to an aromatic ring is 1. The lowest BCUT2D eigenvalue weighted by molar-refractivity contribution is 1.01. The Bertz CT molecular complexity index is 201. The topological polar surface area (TPSA) is 38.9 Å². The number of thiazole rings is 1. The van der Waals surface area contributed by atoms with E-state index in [-0.39, 0.29) is 12.4 Å². The second-order valence-corrected chi connectivity index (χ2v) is 3.24. The molecule has 0 fully saturated rings. The fourth-order valence-electron chi connectivity index (χ4n) is 0.956. The predicted molar refractivity (Wildman–Crippen MR) is 52.5 cm³/mol. The molecule has 0 atom stereocenters. The van der Waals surface area contributed by atoms with Gasteiger partial charge in [-0.1, -0.05) is 13.8 Å². The molecule has 2 nitrogen and oxygen atoms in total. The molecule has 1 heterocycles. The third-order valence-electron chi connectivity index (χ3n) is 1.45. The lowest BCUT2D eigenvalue weighted by Crippen LogP contribution is -1.86. The zero-order valence-electron chi connectivity index (χ0n) is 6.76. The highest BCUT2D eigenvalue weighted by atomic mass is 35.5. The van der Waals surface area contributed by atoms with E-state index in [2.05, 4.69) is 18.8 Å². The predicted octanol–water partition coefficient (Wildman–Crippen LogP) is 2.27. The van der Waals surface area contributed by atoms with E-state index >= 15 is 0 Å². The van der Waals surface area contributed by atoms with Gasteiger partial charge in [0.1, 0.15) is 0 Å². The van der Waals surface area contributed by atoms with Crippen molar-refractivity contribution in [3.05, 3.63) is 10.6 Å². The summed E-state index contributed by atoms with van der Waals surface area (Å²) in [5, 5.41) is 0.703. The molecule has 0 saturated heterocycles. The average Bonchev–Trinajstić information content (AvgIpc) is 2.30. The summed E-state index contributed by atoms with van der Waals surface area (Å²) in [6.45, 7) is 4.24. The summed E-state index contributed by atoms with van der Waals surface area (Å²) in [6, 6.07) is 0. The first-order valence-corrected chi connectivity index (χ1v) is 4.33. The Kier molecular flexibility index (Phi) is 4.45. The summed E-state index contributed by atoms with van der Waals surface area (Å²) in [4.78, 5) is 5.53. The van der Waals surface area contributed by atoms with Crippen molar-refractivity contribution in [1.29, 1.82) is 0 Å². The van der Waals surface area contributed by atoms with Gasteiger partial charge in [-0.3, -0.25) is 0 Å². The molecule has 1 rings (SSSR count). The Hall–Kier alpha value is -0.280. The Morgan fingerprint density at radius 1 is 1.36 bits per heavy atom. The summed E-state index contributed by atoms with van der Waals surface area (Å²) in [6.07, 6.45) is 2.05. The molecule has 0 spiro atoms. The molecule has 0 saturated carbocycles. The minimum absolute atomic E-state index is 0. The maximum Gasteiger partial charge on any atom is 0.180 e. The van der Waals surface area contributed by atoms with Gasteiger partial charge >= 0.3 is 0 Å². The minimum Gasteiger partial charge on any atom is -0.375 e. The first-order valence-electron chi connectivity index (χ1n) is 3.52. The van der Waals surface area contributed by atoms with Crippen LogP contribution in [0.15, 0.2) is 0 Å². The lowest BCUT2D eigenvalue weighted by atomic mass is 10.2. The quantitative estimate of drug-likeness (QED) is 0.781. The Morgan fingerprint density at radius 3 is 2.36 bits per heavy atom. The van der Waals surface area contributed by atoms with Gasteiger partial charge in [0.25, 0.3) is 0 Å². The number of aromatic nitrogens is 1. The average molecular weight is 193 g/mol. The van der Waals surface area contributed by atoms with Gasteiger partial charge in [-0.15, -0.1) is 23.7 Å². The van der Waals surface area contributed by atoms with Gasteiger partial charge in [0.05, 0.1) is 5.69 Å². The normalized spacial score (nSPS) is 9.27. The van der Waals surface area contributed by atoms with Crippen LogP contribution < -0.4 is 5.73 Å². The molecule has 0 aromatic carbocycles. The number of hydrogen-bond acceptors (Lipinski definition) is 3. The van der Waals surface area contributed by atoms with Gasteiger partial charge in [-0.05, 0) is 12.8 Å². The molecule has 0 radical (unpaired) electrons. The SMILES string of the molecule is CCc1nc(N)sc1CC.Cl. The van der Waals surface area contributed by atoms with Crippen molar-refractivity contribution >= 4 is 28.9 Å². The van der Waals surface area contributed by atoms with Crippen molar-refractivity contribution in [2.45, 2.75) is 26.7 Å². The van der Waals surface area contributed by atoms with Crippen molar-refractivity contribution in [3.63, 3.8) is 0 Å². The summed E-state index contributed by atoms with van der Waals surface area (Å²) in [7, 11) is 0. The molecule has 1 aromatic heterocycles. The van der Waals surface area contributed by atoms with Crippen LogP contribution in [0.5, 0.6) is 0 Å². The summed E-state index contributed by atoms with van der Waals surface area (Å²) in [5.41, 5.74) is 6.71. The number of nitrogens with two attached hydrogens (primary N) is 1. The molecule has 0 aliphatic heterocycles. The highest BCUT2D eigenvalue weighted by Crippen LogP contribution is 2.20. The molecule has 0 unspecified atom stereocenters. The highest BCUT2D eigenvalue weighted by molar-refractivity contribution is 7.15. The molecule has 2 N–H and O–H groups in total. The third-order valence-corrected chi connectivity index (χ3v) is 2.52. The maximum absolute atomic E-state index is 5.54. The van der Waals surface area contributed by atoms with Crippen molar-refractivity contribution in [3.8, 4) is 0 Å². The van der Waals surface area contributed by atoms with Gasteiger partial charge in [-0.25, -0.2) is 4.98 Å². The molecule has 1 aromatic rings. The first-order chi connectivity index (χ1) is 4.77. The van der Waals surface area contributed by atoms with Crippen LogP contribution in [0.25, 0.3) is 0 Å². The van der Waals surface area contributed by atoms with Crippen LogP contribution in [0.1, 0.15) is 24.4 Å². The van der Waals surface area contributed by atoms with Crippen molar-refractivity contribution < 1.29 is 0 Å². The molecular weight excluding hydrogens is 180 g/mol. The van der Waals surface area contributed by atoms with Crippen LogP contribution >= 0.6 is 23.7 Å². The Labute approximate surface area is 77.2 Å². The fourth-order valence-corrected chi connectivity index (χ4v) is 1.82. The van der Waals surface area contributed by atoms with Crippen LogP contribution in [0, 0.1) is 0 Å². The summed E-state index contributed by atoms with van der Waals surface area (Å²) >= 11 is 1.61. The van der Waals surface area contributed by atoms with Crippen LogP contribution in [0.4, 0.5) is 5.13 Å². The highest BCUT2D eigenvalue weighted by Gasteiger charge is 2.03. The zero-order valence-corrected chi connectivity index (χ0v) is 8.39. The first kappa shape index (κ1) is 10.7. The molecule has 0 bridgehead atoms. The number of anilines is 1. The Morgan fingerprint density at radius 2 is 2.00 bits per heavy atom. The van der Waals surface area contributed by atoms with E-state index in [0.29, 0.717) is 5.13 Å². The number of hydrogen-bond donors (Lipinski definition) is 1. The van der Waals surface area contributed by atoms with Crippen LogP contribution in [-0.2, 0) is 12.8 Å². The van der Waals surface area contributed by atoms with E-state index in [0.717, 1.165) is 12.8 Å². The number of aryl methyl sites for hydroxylation is 2. The third kappa shape index (κ3) is 2.34. The second kappa shape index (κ2) is 4.57. The number of nitrogens with zero attached hydrogens (tertiary/aromatic N) is 1. The Balaban J connectivity index is 0.000001000. The van der Waals surface area contributed by atoms with Gasteiger partial charge < -0.3 is 5.73 Å². The van der Waals surface area contributed by atoms with Gasteiger partial charge in [0.15, 0.2) is 5.13 Å². The van der Waals surface area contributed by atoms with Gasteiger partial charge in [0, 0.05) is 4.88 Å². The number of halogens is 1. The van der Waals surface area contributed by atoms with E-state index in [4.69, 9.17) is 5.73 Å². The molecule has 11 heavy (non-hydrogen) atoms. The second-order valence-electron chi connectivity index (χ2n) is 2.13. The van der Waals surface area contributed by atoms with E-state index in [1.807, 2.05) is 0 Å². The molecule has 64 valence electrons. The van der Waals surface area contributed by atoms with Crippen LogP contribution in [-0.4, -0.2) is 4.98 Å². The largest absolute Gasteiger partial charge is 0.375 e. The maximum atomic E-state index is 5.54. The lowest BCUT2D eigenvalue weighted by Gasteiger charge is -1.90. The van der Waals surface area contributed by atoms with Crippen LogP contribution in [0.2, 0.25) is 0 Å². The summed E-state index contributed by atoms with van der Waals surface area (Å²) < 4.78 is 0. The zero-order chi connectivity index (χ0) is 7.56. The smallest absolute Gasteiger partial charge is 0.180 e. The van der Waals surface area contributed by atoms with E-state index < -0.39 is 0 Å². The van der Waals surface area contributed by atoms with Gasteiger partial charge in [0.2, 0.25) is 0 Å². The molecular formula is C7H13ClN2S. The van der Waals surface area contributed by atoms with Gasteiger partial charge in [-0.2, -0.15) is 0 Å². The van der Waals surface area contributed by atoms with Crippen molar-refractivity contribution in [2.75, 3.05) is 5.73 Å². The monoisotopic (exact) mass is 192 g/mol. The number of rotatable bonds is 2. The molecule has 4 heteroatoms. The van der Waals surface area contributed by atoms with Crippen molar-refractivity contribution in [1.82, 2.24) is 4.98 Å². The van der Waals surface area contributed by atoms with E-state index in [9.17, 15) is 0 Å². The summed E-state index contributed by atoms with van der Waals surface area (Å²) in [5.74, 6) is 0. The molecule has 0 amide bonds. The standard InChI is InChI=1S/C7H12N2S.ClH/c1-3-5-6(4-2)10-7(8)9-5;/h3-4H2,1-2H3,(H2,8,9);1H. The van der Waals surface area contributed by atoms with E-state index in [1.54, 1.807) is 11.3 Å². The molecule has 0 aliphatic rings. The minimum atomic E-state index is 0. The van der Waals surface area contributed by atoms with E-state index in [1.165, 1.54) is 10.6 Å². The fraction of sp³-hybridized carbons (Fsp3) is 0.571. The van der Waals surface area contributed by atoms with Crippen LogP contribution in [0.3, 0.4) is 0 Å². The molecule has 0 aliphatic carbocycles.